The zero-order chi connectivity index (χ0) is 10.1. The smallest absolute Gasteiger partial charge is 0.134 e. The highest BCUT2D eigenvalue weighted by Gasteiger charge is 2.33. The molecule has 2 fully saturated rings. The number of nitrogens with two attached hydrogens (primary N) is 1. The van der Waals surface area contributed by atoms with Crippen LogP contribution in [0.1, 0.15) is 32.6 Å². The predicted molar refractivity (Wildman–Crippen MR) is 56.0 cm³/mol. The van der Waals surface area contributed by atoms with Crippen molar-refractivity contribution in [1.82, 2.24) is 4.90 Å². The molecular formula is C11H20N2O. The van der Waals surface area contributed by atoms with Crippen LogP contribution in [-0.4, -0.2) is 35.9 Å². The Hall–Kier alpha value is -0.410. The molecule has 3 atom stereocenters. The van der Waals surface area contributed by atoms with E-state index in [-0.39, 0.29) is 0 Å². The Kier molecular flexibility index (Phi) is 2.88. The topological polar surface area (TPSA) is 46.3 Å². The average molecular weight is 196 g/mol. The van der Waals surface area contributed by atoms with Crippen LogP contribution in [0.25, 0.3) is 0 Å². The number of likely N-dealkylation sites (tertiary alicyclic amines) is 1. The fourth-order valence-electron chi connectivity index (χ4n) is 2.72. The number of hydrogen-bond acceptors (Lipinski definition) is 3. The first kappa shape index (κ1) is 10.1. The Morgan fingerprint density at radius 3 is 2.86 bits per heavy atom. The van der Waals surface area contributed by atoms with Gasteiger partial charge in [-0.05, 0) is 18.8 Å². The summed E-state index contributed by atoms with van der Waals surface area (Å²) in [6, 6.07) is 0.809. The van der Waals surface area contributed by atoms with E-state index in [9.17, 15) is 4.79 Å². The quantitative estimate of drug-likeness (QED) is 0.674. The average Bonchev–Trinajstić information content (AvgIpc) is 2.56. The summed E-state index contributed by atoms with van der Waals surface area (Å²) in [5.41, 5.74) is 5.89. The van der Waals surface area contributed by atoms with Crippen LogP contribution in [0, 0.1) is 5.92 Å². The van der Waals surface area contributed by atoms with Crippen molar-refractivity contribution in [3.63, 3.8) is 0 Å². The normalized spacial score (nSPS) is 40.4. The minimum absolute atomic E-state index is 0.333. The maximum absolute atomic E-state index is 11.4. The second-order valence-corrected chi connectivity index (χ2v) is 4.87. The van der Waals surface area contributed by atoms with Crippen LogP contribution in [0.5, 0.6) is 0 Å². The minimum Gasteiger partial charge on any atom is -0.326 e. The monoisotopic (exact) mass is 196 g/mol. The van der Waals surface area contributed by atoms with Crippen LogP contribution < -0.4 is 5.73 Å². The maximum atomic E-state index is 11.4. The van der Waals surface area contributed by atoms with Gasteiger partial charge in [0, 0.05) is 38.0 Å². The van der Waals surface area contributed by atoms with Gasteiger partial charge in [0.05, 0.1) is 0 Å². The molecule has 0 aromatic rings. The lowest BCUT2D eigenvalue weighted by molar-refractivity contribution is -0.123. The second-order valence-electron chi connectivity index (χ2n) is 4.87. The summed E-state index contributed by atoms with van der Waals surface area (Å²) < 4.78 is 0. The summed E-state index contributed by atoms with van der Waals surface area (Å²) in [4.78, 5) is 13.8. The Morgan fingerprint density at radius 1 is 1.43 bits per heavy atom. The summed E-state index contributed by atoms with van der Waals surface area (Å²) in [5, 5.41) is 0. The third-order valence-electron chi connectivity index (χ3n) is 3.70. The molecule has 3 unspecified atom stereocenters. The van der Waals surface area contributed by atoms with Crippen molar-refractivity contribution in [3.05, 3.63) is 0 Å². The molecule has 1 aliphatic heterocycles. The van der Waals surface area contributed by atoms with E-state index in [2.05, 4.69) is 11.8 Å². The SMILES string of the molecule is CC1CCC(=O)CC1N1CCC(N)C1. The van der Waals surface area contributed by atoms with Gasteiger partial charge in [0.1, 0.15) is 5.78 Å². The van der Waals surface area contributed by atoms with Crippen molar-refractivity contribution in [2.45, 2.75) is 44.7 Å². The molecule has 1 saturated heterocycles. The molecule has 0 radical (unpaired) electrons. The van der Waals surface area contributed by atoms with Crippen LogP contribution in [-0.2, 0) is 4.79 Å². The number of ketones is 1. The van der Waals surface area contributed by atoms with Crippen LogP contribution in [0.2, 0.25) is 0 Å². The van der Waals surface area contributed by atoms with Crippen molar-refractivity contribution in [3.8, 4) is 0 Å². The number of carbonyl (C=O) groups is 1. The van der Waals surface area contributed by atoms with Crippen LogP contribution >= 0.6 is 0 Å². The summed E-state index contributed by atoms with van der Waals surface area (Å²) >= 11 is 0. The van der Waals surface area contributed by atoms with Gasteiger partial charge in [-0.15, -0.1) is 0 Å². The van der Waals surface area contributed by atoms with E-state index >= 15 is 0 Å². The van der Waals surface area contributed by atoms with Gasteiger partial charge in [-0.1, -0.05) is 6.92 Å². The summed E-state index contributed by atoms with van der Waals surface area (Å²) in [7, 11) is 0. The molecule has 1 aliphatic carbocycles. The van der Waals surface area contributed by atoms with Gasteiger partial charge in [-0.3, -0.25) is 9.69 Å². The number of hydrogen-bond donors (Lipinski definition) is 1. The lowest BCUT2D eigenvalue weighted by Gasteiger charge is -2.35. The lowest BCUT2D eigenvalue weighted by atomic mass is 9.84. The zero-order valence-electron chi connectivity index (χ0n) is 8.91. The maximum Gasteiger partial charge on any atom is 0.134 e. The van der Waals surface area contributed by atoms with E-state index in [4.69, 9.17) is 5.73 Å². The summed E-state index contributed by atoms with van der Waals surface area (Å²) in [6.45, 7) is 4.34. The van der Waals surface area contributed by atoms with E-state index in [0.29, 0.717) is 23.8 Å². The first-order chi connectivity index (χ1) is 6.66. The van der Waals surface area contributed by atoms with Crippen LogP contribution in [0.4, 0.5) is 0 Å². The third-order valence-corrected chi connectivity index (χ3v) is 3.70. The van der Waals surface area contributed by atoms with Crippen LogP contribution in [0.15, 0.2) is 0 Å². The molecule has 0 aromatic heterocycles. The van der Waals surface area contributed by atoms with Crippen LogP contribution in [0.3, 0.4) is 0 Å². The standard InChI is InChI=1S/C11H20N2O/c1-8-2-3-10(14)6-11(8)13-5-4-9(12)7-13/h8-9,11H,2-7,12H2,1H3. The van der Waals surface area contributed by atoms with Gasteiger partial charge in [0.2, 0.25) is 0 Å². The molecule has 1 heterocycles. The summed E-state index contributed by atoms with van der Waals surface area (Å²) in [6.07, 6.45) is 3.71. The van der Waals surface area contributed by atoms with Gasteiger partial charge in [0.15, 0.2) is 0 Å². The van der Waals surface area contributed by atoms with Gasteiger partial charge < -0.3 is 5.73 Å². The number of nitrogens with zero attached hydrogens (tertiary/aromatic N) is 1. The molecule has 1 saturated carbocycles. The largest absolute Gasteiger partial charge is 0.326 e. The Balaban J connectivity index is 1.97. The van der Waals surface area contributed by atoms with Crippen molar-refractivity contribution in [2.75, 3.05) is 13.1 Å². The van der Waals surface area contributed by atoms with Gasteiger partial charge in [0.25, 0.3) is 0 Å². The van der Waals surface area contributed by atoms with E-state index in [1.807, 2.05) is 0 Å². The highest BCUT2D eigenvalue weighted by atomic mass is 16.1. The highest BCUT2D eigenvalue weighted by molar-refractivity contribution is 5.79. The molecule has 0 spiro atoms. The Bertz CT molecular complexity index is 229. The zero-order valence-corrected chi connectivity index (χ0v) is 8.91. The third kappa shape index (κ3) is 1.98. The van der Waals surface area contributed by atoms with Crippen molar-refractivity contribution < 1.29 is 4.79 Å². The molecule has 2 aliphatic rings. The van der Waals surface area contributed by atoms with Gasteiger partial charge in [-0.25, -0.2) is 0 Å². The Morgan fingerprint density at radius 2 is 2.21 bits per heavy atom. The van der Waals surface area contributed by atoms with E-state index in [0.717, 1.165) is 38.8 Å². The van der Waals surface area contributed by atoms with E-state index < -0.39 is 0 Å². The fraction of sp³-hybridized carbons (Fsp3) is 0.909. The molecule has 2 N–H and O–H groups in total. The molecule has 3 nitrogen and oxygen atoms in total. The van der Waals surface area contributed by atoms with E-state index in [1.54, 1.807) is 0 Å². The molecule has 80 valence electrons. The van der Waals surface area contributed by atoms with Crippen molar-refractivity contribution in [2.24, 2.45) is 11.7 Å². The first-order valence-electron chi connectivity index (χ1n) is 5.68. The molecule has 2 rings (SSSR count). The summed E-state index contributed by atoms with van der Waals surface area (Å²) in [5.74, 6) is 1.10. The molecule has 3 heteroatoms. The van der Waals surface area contributed by atoms with Crippen molar-refractivity contribution >= 4 is 5.78 Å². The van der Waals surface area contributed by atoms with E-state index in [1.165, 1.54) is 0 Å². The van der Waals surface area contributed by atoms with Crippen molar-refractivity contribution in [1.29, 1.82) is 0 Å². The fourth-order valence-corrected chi connectivity index (χ4v) is 2.72. The molecule has 14 heavy (non-hydrogen) atoms. The molecule has 0 aromatic carbocycles. The molecule has 0 bridgehead atoms. The number of carbonyl (C=O) groups excluding carboxylic acids is 1. The molecule has 0 amide bonds. The second kappa shape index (κ2) is 3.99. The number of rotatable bonds is 1. The van der Waals surface area contributed by atoms with Gasteiger partial charge >= 0.3 is 0 Å². The lowest BCUT2D eigenvalue weighted by Crippen LogP contribution is -2.43. The predicted octanol–water partition coefficient (Wildman–Crippen LogP) is 0.777. The number of Topliss-reactive ketones (excluding diaryl/α,β-unsaturated/α-hetero) is 1. The highest BCUT2D eigenvalue weighted by Crippen LogP contribution is 2.28. The Labute approximate surface area is 85.6 Å². The first-order valence-corrected chi connectivity index (χ1v) is 5.68. The minimum atomic E-state index is 0.333. The molecular weight excluding hydrogens is 176 g/mol. The van der Waals surface area contributed by atoms with Gasteiger partial charge in [-0.2, -0.15) is 0 Å².